The molecule has 0 bridgehead atoms. The van der Waals surface area contributed by atoms with Crippen molar-refractivity contribution in [3.8, 4) is 17.2 Å². The molecule has 0 saturated heterocycles. The zero-order chi connectivity index (χ0) is 12.4. The van der Waals surface area contributed by atoms with Gasteiger partial charge in [0.2, 0.25) is 12.5 Å². The van der Waals surface area contributed by atoms with Crippen LogP contribution in [0.2, 0.25) is 0 Å². The molecular formula is C14H17NO3. The lowest BCUT2D eigenvalue weighted by Gasteiger charge is -2.17. The van der Waals surface area contributed by atoms with E-state index >= 15 is 0 Å². The monoisotopic (exact) mass is 247 g/mol. The second-order valence-electron chi connectivity index (χ2n) is 4.50. The Kier molecular flexibility index (Phi) is 3.09. The molecule has 96 valence electrons. The van der Waals surface area contributed by atoms with Crippen LogP contribution in [-0.2, 0) is 6.42 Å². The topological polar surface area (TPSA) is 40.0 Å². The van der Waals surface area contributed by atoms with Crippen LogP contribution in [0.15, 0.2) is 11.1 Å². The first-order valence-electron chi connectivity index (χ1n) is 6.48. The van der Waals surface area contributed by atoms with E-state index < -0.39 is 0 Å². The van der Waals surface area contributed by atoms with Gasteiger partial charge in [0, 0.05) is 18.3 Å². The highest BCUT2D eigenvalue weighted by atomic mass is 16.7. The molecule has 2 heterocycles. The summed E-state index contributed by atoms with van der Waals surface area (Å²) in [6, 6.07) is 2.05. The Morgan fingerprint density at radius 2 is 2.33 bits per heavy atom. The molecule has 0 amide bonds. The van der Waals surface area contributed by atoms with E-state index in [-0.39, 0.29) is 6.79 Å². The molecule has 0 atom stereocenters. The molecule has 0 aromatic heterocycles. The minimum atomic E-state index is 0.277. The van der Waals surface area contributed by atoms with E-state index in [9.17, 15) is 0 Å². The zero-order valence-corrected chi connectivity index (χ0v) is 10.6. The van der Waals surface area contributed by atoms with Gasteiger partial charge in [-0.2, -0.15) is 0 Å². The Morgan fingerprint density at radius 3 is 3.22 bits per heavy atom. The number of unbranched alkanes of at least 4 members (excludes halogenated alkanes) is 1. The molecule has 0 fully saturated rings. The minimum absolute atomic E-state index is 0.277. The van der Waals surface area contributed by atoms with Gasteiger partial charge in [0.15, 0.2) is 11.5 Å². The average molecular weight is 247 g/mol. The predicted molar refractivity (Wildman–Crippen MR) is 69.1 cm³/mol. The lowest BCUT2D eigenvalue weighted by atomic mass is 10.0. The standard InChI is InChI=1S/C14H17NO3/c1-2-3-6-16-13-11-8-15-5-4-10(11)7-12-14(13)18-9-17-12/h7-8H,2-6,9H2,1H3. The van der Waals surface area contributed by atoms with Crippen molar-refractivity contribution in [2.45, 2.75) is 26.2 Å². The fraction of sp³-hybridized carbons (Fsp3) is 0.500. The number of hydrogen-bond acceptors (Lipinski definition) is 4. The van der Waals surface area contributed by atoms with E-state index in [1.807, 2.05) is 6.21 Å². The third-order valence-corrected chi connectivity index (χ3v) is 3.22. The van der Waals surface area contributed by atoms with Crippen molar-refractivity contribution < 1.29 is 14.2 Å². The Balaban J connectivity index is 1.98. The van der Waals surface area contributed by atoms with Crippen LogP contribution in [0.1, 0.15) is 30.9 Å². The summed E-state index contributed by atoms with van der Waals surface area (Å²) in [7, 11) is 0. The second-order valence-corrected chi connectivity index (χ2v) is 4.50. The Morgan fingerprint density at radius 1 is 1.39 bits per heavy atom. The summed E-state index contributed by atoms with van der Waals surface area (Å²) in [5.74, 6) is 2.34. The second kappa shape index (κ2) is 4.88. The van der Waals surface area contributed by atoms with Gasteiger partial charge in [0.1, 0.15) is 0 Å². The molecule has 0 N–H and O–H groups in total. The molecule has 2 aliphatic heterocycles. The van der Waals surface area contributed by atoms with Crippen molar-refractivity contribution in [1.82, 2.24) is 0 Å². The van der Waals surface area contributed by atoms with Gasteiger partial charge in [-0.25, -0.2) is 0 Å². The zero-order valence-electron chi connectivity index (χ0n) is 10.6. The number of hydrogen-bond donors (Lipinski definition) is 0. The highest BCUT2D eigenvalue weighted by Crippen LogP contribution is 2.45. The van der Waals surface area contributed by atoms with Crippen LogP contribution >= 0.6 is 0 Å². The van der Waals surface area contributed by atoms with Gasteiger partial charge < -0.3 is 14.2 Å². The third-order valence-electron chi connectivity index (χ3n) is 3.22. The van der Waals surface area contributed by atoms with E-state index in [0.29, 0.717) is 6.61 Å². The summed E-state index contributed by atoms with van der Waals surface area (Å²) in [5.41, 5.74) is 2.29. The predicted octanol–water partition coefficient (Wildman–Crippen LogP) is 2.57. The summed E-state index contributed by atoms with van der Waals surface area (Å²) in [6.45, 7) is 3.96. The maximum Gasteiger partial charge on any atom is 0.231 e. The Hall–Kier alpha value is -1.71. The Bertz CT molecular complexity index is 482. The fourth-order valence-corrected chi connectivity index (χ4v) is 2.23. The third kappa shape index (κ3) is 1.92. The largest absolute Gasteiger partial charge is 0.489 e. The van der Waals surface area contributed by atoms with Crippen molar-refractivity contribution in [2.75, 3.05) is 19.9 Å². The highest BCUT2D eigenvalue weighted by molar-refractivity contribution is 5.89. The normalized spacial score (nSPS) is 15.6. The first-order chi connectivity index (χ1) is 8.90. The Labute approximate surface area is 107 Å². The number of fused-ring (bicyclic) bond motifs is 2. The number of benzene rings is 1. The quantitative estimate of drug-likeness (QED) is 0.768. The van der Waals surface area contributed by atoms with Crippen molar-refractivity contribution in [3.63, 3.8) is 0 Å². The van der Waals surface area contributed by atoms with Crippen LogP contribution in [0, 0.1) is 0 Å². The van der Waals surface area contributed by atoms with Gasteiger partial charge >= 0.3 is 0 Å². The van der Waals surface area contributed by atoms with E-state index in [4.69, 9.17) is 14.2 Å². The van der Waals surface area contributed by atoms with Crippen molar-refractivity contribution in [2.24, 2.45) is 4.99 Å². The van der Waals surface area contributed by atoms with E-state index in [0.717, 1.165) is 48.6 Å². The molecule has 0 spiro atoms. The van der Waals surface area contributed by atoms with E-state index in [1.54, 1.807) is 0 Å². The smallest absolute Gasteiger partial charge is 0.231 e. The molecule has 4 heteroatoms. The van der Waals surface area contributed by atoms with Crippen LogP contribution in [0.3, 0.4) is 0 Å². The van der Waals surface area contributed by atoms with E-state index in [1.165, 1.54) is 5.56 Å². The number of ether oxygens (including phenoxy) is 3. The molecule has 3 rings (SSSR count). The summed E-state index contributed by atoms with van der Waals surface area (Å²) in [5, 5.41) is 0. The van der Waals surface area contributed by atoms with E-state index in [2.05, 4.69) is 18.0 Å². The SMILES string of the molecule is CCCCOc1c2c(cc3c1OCO3)CCN=C2. The van der Waals surface area contributed by atoms with Crippen LogP contribution in [0.4, 0.5) is 0 Å². The lowest BCUT2D eigenvalue weighted by molar-refractivity contribution is 0.169. The van der Waals surface area contributed by atoms with Gasteiger partial charge in [-0.15, -0.1) is 0 Å². The average Bonchev–Trinajstić information content (AvgIpc) is 2.86. The number of nitrogens with zero attached hydrogens (tertiary/aromatic N) is 1. The lowest BCUT2D eigenvalue weighted by Crippen LogP contribution is -2.08. The molecule has 0 aliphatic carbocycles. The summed E-state index contributed by atoms with van der Waals surface area (Å²) < 4.78 is 16.9. The van der Waals surface area contributed by atoms with Gasteiger partial charge in [-0.3, -0.25) is 4.99 Å². The molecule has 0 radical (unpaired) electrons. The maximum absolute atomic E-state index is 5.89. The summed E-state index contributed by atoms with van der Waals surface area (Å²) >= 11 is 0. The van der Waals surface area contributed by atoms with Crippen molar-refractivity contribution in [1.29, 1.82) is 0 Å². The fourth-order valence-electron chi connectivity index (χ4n) is 2.23. The van der Waals surface area contributed by atoms with Crippen molar-refractivity contribution in [3.05, 3.63) is 17.2 Å². The molecule has 1 aromatic carbocycles. The molecule has 4 nitrogen and oxygen atoms in total. The summed E-state index contributed by atoms with van der Waals surface area (Å²) in [6.07, 6.45) is 4.98. The molecule has 0 saturated carbocycles. The van der Waals surface area contributed by atoms with Gasteiger partial charge in [-0.1, -0.05) is 13.3 Å². The molecule has 0 unspecified atom stereocenters. The first kappa shape index (κ1) is 11.4. The van der Waals surface area contributed by atoms with Crippen LogP contribution in [0.5, 0.6) is 17.2 Å². The van der Waals surface area contributed by atoms with Crippen LogP contribution < -0.4 is 14.2 Å². The summed E-state index contributed by atoms with van der Waals surface area (Å²) in [4.78, 5) is 4.33. The number of rotatable bonds is 4. The van der Waals surface area contributed by atoms with Crippen molar-refractivity contribution >= 4 is 6.21 Å². The van der Waals surface area contributed by atoms with Crippen LogP contribution in [0.25, 0.3) is 0 Å². The maximum atomic E-state index is 5.89. The molecule has 2 aliphatic rings. The van der Waals surface area contributed by atoms with Gasteiger partial charge in [0.05, 0.1) is 6.61 Å². The molecular weight excluding hydrogens is 230 g/mol. The first-order valence-corrected chi connectivity index (χ1v) is 6.48. The minimum Gasteiger partial charge on any atom is -0.489 e. The van der Waals surface area contributed by atoms with Crippen LogP contribution in [-0.4, -0.2) is 26.2 Å². The molecule has 1 aromatic rings. The van der Waals surface area contributed by atoms with Gasteiger partial charge in [-0.05, 0) is 24.5 Å². The molecule has 18 heavy (non-hydrogen) atoms. The van der Waals surface area contributed by atoms with Gasteiger partial charge in [0.25, 0.3) is 0 Å². The highest BCUT2D eigenvalue weighted by Gasteiger charge is 2.25. The number of aliphatic imine (C=N–C) groups is 1.